The van der Waals surface area contributed by atoms with E-state index >= 15 is 0 Å². The molecule has 0 saturated carbocycles. The Labute approximate surface area is 113 Å². The van der Waals surface area contributed by atoms with Gasteiger partial charge in [0.05, 0.1) is 0 Å². The minimum Gasteiger partial charge on any atom is -0.368 e. The fraction of sp³-hybridized carbons (Fsp3) is 0.625. The lowest BCUT2D eigenvalue weighted by Gasteiger charge is -2.45. The largest absolute Gasteiger partial charge is 0.368 e. The van der Waals surface area contributed by atoms with E-state index in [0.29, 0.717) is 12.1 Å². The average molecular weight is 248 g/mol. The number of nitrogens with zero attached hydrogens (tertiary/aromatic N) is 2. The summed E-state index contributed by atoms with van der Waals surface area (Å²) in [6.45, 7) is 14.4. The Bertz CT molecular complexity index is 311. The van der Waals surface area contributed by atoms with Gasteiger partial charge in [0.15, 0.2) is 0 Å². The molecular formula is C16H28N2. The van der Waals surface area contributed by atoms with Crippen molar-refractivity contribution in [1.29, 1.82) is 0 Å². The molecule has 18 heavy (non-hydrogen) atoms. The molecule has 2 nitrogen and oxygen atoms in total. The Morgan fingerprint density at radius 3 is 1.94 bits per heavy atom. The second kappa shape index (κ2) is 7.42. The maximum Gasteiger partial charge on any atom is 0.0367 e. The molecule has 102 valence electrons. The molecule has 1 aliphatic rings. The van der Waals surface area contributed by atoms with Gasteiger partial charge >= 0.3 is 0 Å². The third-order valence-corrected chi connectivity index (χ3v) is 3.59. The summed E-state index contributed by atoms with van der Waals surface area (Å²) in [5.74, 6) is 0. The van der Waals surface area contributed by atoms with Gasteiger partial charge in [0.1, 0.15) is 0 Å². The van der Waals surface area contributed by atoms with Gasteiger partial charge in [0.25, 0.3) is 0 Å². The summed E-state index contributed by atoms with van der Waals surface area (Å²) in [5, 5.41) is 0. The first-order valence-corrected chi connectivity index (χ1v) is 7.28. The predicted octanol–water partition coefficient (Wildman–Crippen LogP) is 3.63. The summed E-state index contributed by atoms with van der Waals surface area (Å²) in [7, 11) is 0. The smallest absolute Gasteiger partial charge is 0.0367 e. The van der Waals surface area contributed by atoms with E-state index in [1.165, 1.54) is 5.69 Å². The quantitative estimate of drug-likeness (QED) is 0.788. The number of para-hydroxylation sites is 1. The van der Waals surface area contributed by atoms with Gasteiger partial charge in [-0.05, 0) is 32.5 Å². The summed E-state index contributed by atoms with van der Waals surface area (Å²) in [6.07, 6.45) is 0. The van der Waals surface area contributed by atoms with Crippen LogP contribution in [0.5, 0.6) is 0 Å². The zero-order valence-electron chi connectivity index (χ0n) is 12.6. The van der Waals surface area contributed by atoms with E-state index in [1.54, 1.807) is 0 Å². The lowest BCUT2D eigenvalue weighted by atomic mass is 10.1. The van der Waals surface area contributed by atoms with Crippen molar-refractivity contribution in [2.45, 2.75) is 46.7 Å². The molecule has 1 aliphatic heterocycles. The van der Waals surface area contributed by atoms with Crippen LogP contribution < -0.4 is 4.90 Å². The van der Waals surface area contributed by atoms with Crippen LogP contribution in [-0.2, 0) is 0 Å². The third kappa shape index (κ3) is 3.49. The average Bonchev–Trinajstić information content (AvgIpc) is 2.41. The Balaban J connectivity index is 0.000000771. The highest BCUT2D eigenvalue weighted by atomic mass is 15.3. The SMILES string of the molecule is CC.CCN1C(C)CN(c2ccccc2)CC1C. The second-order valence-electron chi connectivity index (χ2n) is 4.77. The van der Waals surface area contributed by atoms with Crippen LogP contribution in [0.1, 0.15) is 34.6 Å². The monoisotopic (exact) mass is 248 g/mol. The second-order valence-corrected chi connectivity index (χ2v) is 4.77. The van der Waals surface area contributed by atoms with Crippen LogP contribution in [0.3, 0.4) is 0 Å². The van der Waals surface area contributed by atoms with Gasteiger partial charge in [-0.2, -0.15) is 0 Å². The summed E-state index contributed by atoms with van der Waals surface area (Å²) in [4.78, 5) is 5.08. The molecule has 2 atom stereocenters. The Morgan fingerprint density at radius 1 is 1.00 bits per heavy atom. The van der Waals surface area contributed by atoms with E-state index in [1.807, 2.05) is 13.8 Å². The van der Waals surface area contributed by atoms with Crippen molar-refractivity contribution in [3.05, 3.63) is 30.3 Å². The Morgan fingerprint density at radius 2 is 1.50 bits per heavy atom. The molecule has 0 amide bonds. The zero-order chi connectivity index (χ0) is 13.5. The number of likely N-dealkylation sites (N-methyl/N-ethyl adjacent to an activating group) is 1. The molecule has 2 unspecified atom stereocenters. The lowest BCUT2D eigenvalue weighted by Crippen LogP contribution is -2.56. The number of benzene rings is 1. The van der Waals surface area contributed by atoms with Gasteiger partial charge in [0.2, 0.25) is 0 Å². The van der Waals surface area contributed by atoms with Crippen LogP contribution in [0.25, 0.3) is 0 Å². The molecule has 1 saturated heterocycles. The molecule has 0 radical (unpaired) electrons. The molecular weight excluding hydrogens is 220 g/mol. The molecule has 1 aromatic rings. The highest BCUT2D eigenvalue weighted by Crippen LogP contribution is 2.21. The van der Waals surface area contributed by atoms with Crippen molar-refractivity contribution >= 4 is 5.69 Å². The first-order chi connectivity index (χ1) is 8.72. The molecule has 2 heteroatoms. The van der Waals surface area contributed by atoms with Gasteiger partial charge in [-0.25, -0.2) is 0 Å². The molecule has 2 rings (SSSR count). The van der Waals surface area contributed by atoms with Gasteiger partial charge in [-0.3, -0.25) is 4.90 Å². The molecule has 1 heterocycles. The summed E-state index contributed by atoms with van der Waals surface area (Å²) >= 11 is 0. The van der Waals surface area contributed by atoms with Crippen molar-refractivity contribution < 1.29 is 0 Å². The molecule has 0 spiro atoms. The minimum atomic E-state index is 0.647. The van der Waals surface area contributed by atoms with E-state index in [2.05, 4.69) is 60.9 Å². The molecule has 0 aliphatic carbocycles. The maximum atomic E-state index is 2.58. The number of anilines is 1. The van der Waals surface area contributed by atoms with Crippen LogP contribution in [0.4, 0.5) is 5.69 Å². The molecule has 0 bridgehead atoms. The van der Waals surface area contributed by atoms with Crippen LogP contribution >= 0.6 is 0 Å². The van der Waals surface area contributed by atoms with E-state index in [0.717, 1.165) is 19.6 Å². The Kier molecular flexibility index (Phi) is 6.20. The van der Waals surface area contributed by atoms with Gasteiger partial charge in [-0.15, -0.1) is 0 Å². The van der Waals surface area contributed by atoms with E-state index in [4.69, 9.17) is 0 Å². The Hall–Kier alpha value is -1.02. The summed E-state index contributed by atoms with van der Waals surface area (Å²) in [6, 6.07) is 12.0. The van der Waals surface area contributed by atoms with Gasteiger partial charge < -0.3 is 4.90 Å². The van der Waals surface area contributed by atoms with Gasteiger partial charge in [0, 0.05) is 30.9 Å². The first kappa shape index (κ1) is 15.0. The van der Waals surface area contributed by atoms with E-state index in [-0.39, 0.29) is 0 Å². The van der Waals surface area contributed by atoms with Crippen LogP contribution in [0.2, 0.25) is 0 Å². The topological polar surface area (TPSA) is 6.48 Å². The minimum absolute atomic E-state index is 0.647. The molecule has 1 aromatic carbocycles. The molecule has 0 aromatic heterocycles. The van der Waals surface area contributed by atoms with E-state index < -0.39 is 0 Å². The van der Waals surface area contributed by atoms with E-state index in [9.17, 15) is 0 Å². The zero-order valence-corrected chi connectivity index (χ0v) is 12.6. The fourth-order valence-corrected chi connectivity index (χ4v) is 2.83. The lowest BCUT2D eigenvalue weighted by molar-refractivity contribution is 0.140. The summed E-state index contributed by atoms with van der Waals surface area (Å²) in [5.41, 5.74) is 1.36. The normalized spacial score (nSPS) is 24.4. The van der Waals surface area contributed by atoms with Crippen molar-refractivity contribution in [2.24, 2.45) is 0 Å². The van der Waals surface area contributed by atoms with Gasteiger partial charge in [-0.1, -0.05) is 39.0 Å². The predicted molar refractivity (Wildman–Crippen MR) is 81.3 cm³/mol. The number of hydrogen-bond donors (Lipinski definition) is 0. The van der Waals surface area contributed by atoms with Crippen molar-refractivity contribution in [2.75, 3.05) is 24.5 Å². The standard InChI is InChI=1S/C14H22N2.C2H6/c1-4-16-12(2)10-15(11-13(16)3)14-8-6-5-7-9-14;1-2/h5-9,12-13H,4,10-11H2,1-3H3;1-2H3. The fourth-order valence-electron chi connectivity index (χ4n) is 2.83. The molecule has 1 fully saturated rings. The third-order valence-electron chi connectivity index (χ3n) is 3.59. The number of rotatable bonds is 2. The van der Waals surface area contributed by atoms with Crippen molar-refractivity contribution in [3.8, 4) is 0 Å². The number of piperazine rings is 1. The maximum absolute atomic E-state index is 2.58. The van der Waals surface area contributed by atoms with Crippen LogP contribution in [0.15, 0.2) is 30.3 Å². The number of hydrogen-bond acceptors (Lipinski definition) is 2. The van der Waals surface area contributed by atoms with Crippen LogP contribution in [0, 0.1) is 0 Å². The highest BCUT2D eigenvalue weighted by Gasteiger charge is 2.27. The van der Waals surface area contributed by atoms with Crippen molar-refractivity contribution in [3.63, 3.8) is 0 Å². The summed E-state index contributed by atoms with van der Waals surface area (Å²) < 4.78 is 0. The molecule has 0 N–H and O–H groups in total. The first-order valence-electron chi connectivity index (χ1n) is 7.28. The van der Waals surface area contributed by atoms with Crippen LogP contribution in [-0.4, -0.2) is 36.6 Å². The van der Waals surface area contributed by atoms with Crippen molar-refractivity contribution in [1.82, 2.24) is 4.90 Å². The highest BCUT2D eigenvalue weighted by molar-refractivity contribution is 5.46.